The first-order chi connectivity index (χ1) is 10.7. The molecule has 1 aliphatic heterocycles. The van der Waals surface area contributed by atoms with E-state index in [-0.39, 0.29) is 17.8 Å². The maximum atomic E-state index is 13.3. The van der Waals surface area contributed by atoms with Crippen LogP contribution in [-0.2, 0) is 0 Å². The minimum absolute atomic E-state index is 0.107. The minimum Gasteiger partial charge on any atom is -0.337 e. The fourth-order valence-corrected chi connectivity index (χ4v) is 2.82. The molecule has 114 valence electrons. The summed E-state index contributed by atoms with van der Waals surface area (Å²) in [6, 6.07) is 16.1. The highest BCUT2D eigenvalue weighted by molar-refractivity contribution is 5.94. The Morgan fingerprint density at radius 1 is 1.14 bits per heavy atom. The smallest absolute Gasteiger partial charge is 0.254 e. The number of rotatable bonds is 2. The molecule has 2 aromatic rings. The Labute approximate surface area is 129 Å². The summed E-state index contributed by atoms with van der Waals surface area (Å²) in [6.07, 6.45) is 0.893. The Morgan fingerprint density at radius 3 is 2.73 bits per heavy atom. The molecule has 3 rings (SSSR count). The molecule has 1 atom stereocenters. The van der Waals surface area contributed by atoms with E-state index in [1.807, 2.05) is 23.1 Å². The summed E-state index contributed by atoms with van der Waals surface area (Å²) in [5, 5.41) is 3.48. The van der Waals surface area contributed by atoms with Crippen molar-refractivity contribution in [1.82, 2.24) is 10.2 Å². The second-order valence-corrected chi connectivity index (χ2v) is 5.53. The zero-order valence-electron chi connectivity index (χ0n) is 12.3. The van der Waals surface area contributed by atoms with Crippen LogP contribution in [0.25, 0.3) is 0 Å². The highest BCUT2D eigenvalue weighted by Crippen LogP contribution is 2.18. The lowest BCUT2D eigenvalue weighted by Crippen LogP contribution is -2.36. The first-order valence-electron chi connectivity index (χ1n) is 7.57. The zero-order valence-corrected chi connectivity index (χ0v) is 12.3. The second-order valence-electron chi connectivity index (χ2n) is 5.53. The third kappa shape index (κ3) is 3.34. The van der Waals surface area contributed by atoms with E-state index in [1.54, 1.807) is 12.1 Å². The lowest BCUT2D eigenvalue weighted by Gasteiger charge is -2.25. The van der Waals surface area contributed by atoms with Gasteiger partial charge in [-0.05, 0) is 36.7 Å². The normalized spacial score (nSPS) is 18.8. The van der Waals surface area contributed by atoms with Crippen LogP contribution < -0.4 is 5.32 Å². The summed E-state index contributed by atoms with van der Waals surface area (Å²) < 4.78 is 13.3. The topological polar surface area (TPSA) is 32.3 Å². The molecule has 0 spiro atoms. The third-order valence-electron chi connectivity index (χ3n) is 3.96. The van der Waals surface area contributed by atoms with E-state index in [9.17, 15) is 9.18 Å². The Bertz CT molecular complexity index is 645. The number of carbonyl (C=O) groups is 1. The first kappa shape index (κ1) is 14.7. The van der Waals surface area contributed by atoms with Crippen molar-refractivity contribution in [3.8, 4) is 0 Å². The van der Waals surface area contributed by atoms with Crippen molar-refractivity contribution in [1.29, 1.82) is 0 Å². The number of hydrogen-bond acceptors (Lipinski definition) is 2. The van der Waals surface area contributed by atoms with Gasteiger partial charge in [0, 0.05) is 24.7 Å². The summed E-state index contributed by atoms with van der Waals surface area (Å²) in [6.45, 7) is 2.15. The molecule has 3 nitrogen and oxygen atoms in total. The molecular formula is C18H19FN2O. The first-order valence-corrected chi connectivity index (χ1v) is 7.57. The fraction of sp³-hybridized carbons (Fsp3) is 0.278. The Morgan fingerprint density at radius 2 is 1.95 bits per heavy atom. The van der Waals surface area contributed by atoms with Crippen LogP contribution in [0.5, 0.6) is 0 Å². The summed E-state index contributed by atoms with van der Waals surface area (Å²) in [4.78, 5) is 14.4. The van der Waals surface area contributed by atoms with Gasteiger partial charge in [0.2, 0.25) is 0 Å². The summed E-state index contributed by atoms with van der Waals surface area (Å²) >= 11 is 0. The van der Waals surface area contributed by atoms with Gasteiger partial charge in [-0.1, -0.05) is 36.4 Å². The standard InChI is InChI=1S/C18H19FN2O/c19-16-9-4-8-15(12-16)18(22)21-11-5-10-20-17(13-21)14-6-2-1-3-7-14/h1-4,6-9,12,17,20H,5,10-11,13H2. The van der Waals surface area contributed by atoms with Gasteiger partial charge in [0.1, 0.15) is 5.82 Å². The lowest BCUT2D eigenvalue weighted by atomic mass is 10.1. The molecule has 1 unspecified atom stereocenters. The van der Waals surface area contributed by atoms with Crippen LogP contribution >= 0.6 is 0 Å². The van der Waals surface area contributed by atoms with E-state index < -0.39 is 0 Å². The zero-order chi connectivity index (χ0) is 15.4. The van der Waals surface area contributed by atoms with Crippen LogP contribution in [0, 0.1) is 5.82 Å². The van der Waals surface area contributed by atoms with Crippen molar-refractivity contribution in [3.05, 3.63) is 71.5 Å². The van der Waals surface area contributed by atoms with Crippen molar-refractivity contribution in [3.63, 3.8) is 0 Å². The predicted molar refractivity (Wildman–Crippen MR) is 84.1 cm³/mol. The largest absolute Gasteiger partial charge is 0.337 e. The van der Waals surface area contributed by atoms with Gasteiger partial charge in [-0.25, -0.2) is 4.39 Å². The number of nitrogens with one attached hydrogen (secondary N) is 1. The Balaban J connectivity index is 1.79. The number of benzene rings is 2. The van der Waals surface area contributed by atoms with Gasteiger partial charge in [-0.2, -0.15) is 0 Å². The molecular weight excluding hydrogens is 279 g/mol. The van der Waals surface area contributed by atoms with Crippen molar-refractivity contribution in [2.75, 3.05) is 19.6 Å². The molecule has 4 heteroatoms. The van der Waals surface area contributed by atoms with Crippen LogP contribution in [-0.4, -0.2) is 30.4 Å². The molecule has 0 radical (unpaired) electrons. The molecule has 2 aromatic carbocycles. The SMILES string of the molecule is O=C(c1cccc(F)c1)N1CCCNC(c2ccccc2)C1. The van der Waals surface area contributed by atoms with Crippen molar-refractivity contribution >= 4 is 5.91 Å². The quantitative estimate of drug-likeness (QED) is 0.924. The second kappa shape index (κ2) is 6.71. The predicted octanol–water partition coefficient (Wildman–Crippen LogP) is 3.00. The molecule has 0 bridgehead atoms. The van der Waals surface area contributed by atoms with Gasteiger partial charge in [0.25, 0.3) is 5.91 Å². The number of halogens is 1. The lowest BCUT2D eigenvalue weighted by molar-refractivity contribution is 0.0752. The van der Waals surface area contributed by atoms with E-state index in [0.717, 1.165) is 13.0 Å². The molecule has 0 saturated carbocycles. The van der Waals surface area contributed by atoms with Crippen molar-refractivity contribution in [2.24, 2.45) is 0 Å². The van der Waals surface area contributed by atoms with Gasteiger partial charge >= 0.3 is 0 Å². The Hall–Kier alpha value is -2.20. The van der Waals surface area contributed by atoms with Crippen LogP contribution in [0.3, 0.4) is 0 Å². The van der Waals surface area contributed by atoms with Crippen LogP contribution in [0.2, 0.25) is 0 Å². The fourth-order valence-electron chi connectivity index (χ4n) is 2.82. The molecule has 1 fully saturated rings. The average molecular weight is 298 g/mol. The van der Waals surface area contributed by atoms with Gasteiger partial charge in [0.15, 0.2) is 0 Å². The molecule has 1 saturated heterocycles. The van der Waals surface area contributed by atoms with E-state index in [2.05, 4.69) is 17.4 Å². The number of carbonyl (C=O) groups excluding carboxylic acids is 1. The highest BCUT2D eigenvalue weighted by atomic mass is 19.1. The molecule has 1 aliphatic rings. The molecule has 1 heterocycles. The number of amides is 1. The summed E-state index contributed by atoms with van der Waals surface area (Å²) in [5.74, 6) is -0.484. The average Bonchev–Trinajstić information content (AvgIpc) is 2.81. The monoisotopic (exact) mass is 298 g/mol. The number of nitrogens with zero attached hydrogens (tertiary/aromatic N) is 1. The summed E-state index contributed by atoms with van der Waals surface area (Å²) in [7, 11) is 0. The minimum atomic E-state index is -0.376. The van der Waals surface area contributed by atoms with E-state index in [0.29, 0.717) is 18.7 Å². The molecule has 22 heavy (non-hydrogen) atoms. The van der Waals surface area contributed by atoms with Gasteiger partial charge < -0.3 is 10.2 Å². The van der Waals surface area contributed by atoms with E-state index >= 15 is 0 Å². The van der Waals surface area contributed by atoms with Gasteiger partial charge in [-0.3, -0.25) is 4.79 Å². The van der Waals surface area contributed by atoms with Crippen molar-refractivity contribution < 1.29 is 9.18 Å². The maximum absolute atomic E-state index is 13.3. The van der Waals surface area contributed by atoms with Gasteiger partial charge in [-0.15, -0.1) is 0 Å². The van der Waals surface area contributed by atoms with Crippen LogP contribution in [0.15, 0.2) is 54.6 Å². The summed E-state index contributed by atoms with van der Waals surface area (Å²) in [5.41, 5.74) is 1.58. The molecule has 1 N–H and O–H groups in total. The molecule has 1 amide bonds. The van der Waals surface area contributed by atoms with Crippen LogP contribution in [0.4, 0.5) is 4.39 Å². The van der Waals surface area contributed by atoms with E-state index in [4.69, 9.17) is 0 Å². The Kier molecular flexibility index (Phi) is 4.49. The molecule has 0 aromatic heterocycles. The van der Waals surface area contributed by atoms with Gasteiger partial charge in [0.05, 0.1) is 0 Å². The van der Waals surface area contributed by atoms with Crippen LogP contribution in [0.1, 0.15) is 28.4 Å². The number of hydrogen-bond donors (Lipinski definition) is 1. The maximum Gasteiger partial charge on any atom is 0.254 e. The van der Waals surface area contributed by atoms with E-state index in [1.165, 1.54) is 17.7 Å². The van der Waals surface area contributed by atoms with Crippen molar-refractivity contribution in [2.45, 2.75) is 12.5 Å². The third-order valence-corrected chi connectivity index (χ3v) is 3.96. The molecule has 0 aliphatic carbocycles. The highest BCUT2D eigenvalue weighted by Gasteiger charge is 2.23.